The maximum Gasteiger partial charge on any atom is 0.225 e. The third-order valence-corrected chi connectivity index (χ3v) is 5.58. The fourth-order valence-corrected chi connectivity index (χ4v) is 4.36. The molecule has 2 aliphatic heterocycles. The van der Waals surface area contributed by atoms with Crippen molar-refractivity contribution in [3.8, 4) is 0 Å². The van der Waals surface area contributed by atoms with Gasteiger partial charge in [-0.15, -0.1) is 11.3 Å². The number of morpholine rings is 1. The molecule has 2 aromatic rings. The SMILES string of the molecule is Cc1nc(CN2CCC[C@]3(C2)CN(c2ncccn2)CCO3)cs1. The first-order chi connectivity index (χ1) is 11.7. The first-order valence-electron chi connectivity index (χ1n) is 8.52. The maximum atomic E-state index is 6.27. The topological polar surface area (TPSA) is 54.4 Å². The lowest BCUT2D eigenvalue weighted by atomic mass is 9.90. The van der Waals surface area contributed by atoms with E-state index in [0.29, 0.717) is 0 Å². The smallest absolute Gasteiger partial charge is 0.225 e. The summed E-state index contributed by atoms with van der Waals surface area (Å²) in [6.45, 7) is 7.50. The van der Waals surface area contributed by atoms with Gasteiger partial charge in [0.15, 0.2) is 0 Å². The van der Waals surface area contributed by atoms with Crippen LogP contribution in [0.25, 0.3) is 0 Å². The first kappa shape index (κ1) is 15.9. The second-order valence-electron chi connectivity index (χ2n) is 6.67. The molecule has 128 valence electrons. The number of thiazole rings is 1. The molecule has 0 aromatic carbocycles. The number of nitrogens with zero attached hydrogens (tertiary/aromatic N) is 5. The van der Waals surface area contributed by atoms with Crippen LogP contribution in [0.4, 0.5) is 5.95 Å². The third kappa shape index (κ3) is 3.43. The molecule has 0 radical (unpaired) electrons. The van der Waals surface area contributed by atoms with Crippen LogP contribution >= 0.6 is 11.3 Å². The lowest BCUT2D eigenvalue weighted by molar-refractivity contribution is -0.0989. The Bertz CT molecular complexity index is 675. The van der Waals surface area contributed by atoms with E-state index in [1.807, 2.05) is 18.5 Å². The number of rotatable bonds is 3. The molecule has 4 heterocycles. The highest BCUT2D eigenvalue weighted by molar-refractivity contribution is 7.09. The molecular formula is C17H23N5OS. The van der Waals surface area contributed by atoms with Crippen molar-refractivity contribution in [2.45, 2.75) is 31.9 Å². The van der Waals surface area contributed by atoms with Gasteiger partial charge in [-0.1, -0.05) is 0 Å². The van der Waals surface area contributed by atoms with Crippen molar-refractivity contribution >= 4 is 17.3 Å². The zero-order valence-corrected chi connectivity index (χ0v) is 14.8. The minimum absolute atomic E-state index is 0.110. The largest absolute Gasteiger partial charge is 0.370 e. The second kappa shape index (κ2) is 6.74. The molecule has 2 fully saturated rings. The number of ether oxygens (including phenoxy) is 1. The van der Waals surface area contributed by atoms with Gasteiger partial charge in [-0.05, 0) is 32.4 Å². The van der Waals surface area contributed by atoms with Gasteiger partial charge in [0.25, 0.3) is 0 Å². The van der Waals surface area contributed by atoms with Crippen LogP contribution in [0, 0.1) is 6.92 Å². The van der Waals surface area contributed by atoms with Gasteiger partial charge in [-0.25, -0.2) is 15.0 Å². The Balaban J connectivity index is 1.45. The van der Waals surface area contributed by atoms with E-state index in [9.17, 15) is 0 Å². The highest BCUT2D eigenvalue weighted by atomic mass is 32.1. The number of hydrogen-bond donors (Lipinski definition) is 0. The zero-order valence-electron chi connectivity index (χ0n) is 14.0. The summed E-state index contributed by atoms with van der Waals surface area (Å²) in [6, 6.07) is 1.86. The second-order valence-corrected chi connectivity index (χ2v) is 7.74. The summed E-state index contributed by atoms with van der Waals surface area (Å²) < 4.78 is 6.27. The zero-order chi connectivity index (χ0) is 16.4. The molecule has 0 aliphatic carbocycles. The molecule has 0 unspecified atom stereocenters. The summed E-state index contributed by atoms with van der Waals surface area (Å²) in [5.74, 6) is 0.812. The van der Waals surface area contributed by atoms with E-state index in [2.05, 4.69) is 37.1 Å². The van der Waals surface area contributed by atoms with Gasteiger partial charge in [0.1, 0.15) is 0 Å². The quantitative estimate of drug-likeness (QED) is 0.849. The molecule has 6 nitrogen and oxygen atoms in total. The molecule has 0 N–H and O–H groups in total. The van der Waals surface area contributed by atoms with Gasteiger partial charge in [0.2, 0.25) is 5.95 Å². The van der Waals surface area contributed by atoms with Crippen LogP contribution in [-0.2, 0) is 11.3 Å². The van der Waals surface area contributed by atoms with E-state index in [0.717, 1.165) is 63.1 Å². The molecule has 24 heavy (non-hydrogen) atoms. The van der Waals surface area contributed by atoms with Gasteiger partial charge in [-0.3, -0.25) is 4.90 Å². The van der Waals surface area contributed by atoms with Crippen molar-refractivity contribution in [3.63, 3.8) is 0 Å². The van der Waals surface area contributed by atoms with Crippen LogP contribution in [0.2, 0.25) is 0 Å². The Morgan fingerprint density at radius 2 is 2.12 bits per heavy atom. The molecule has 7 heteroatoms. The summed E-state index contributed by atoms with van der Waals surface area (Å²) in [6.07, 6.45) is 5.87. The summed E-state index contributed by atoms with van der Waals surface area (Å²) in [5.41, 5.74) is 1.06. The van der Waals surface area contributed by atoms with Gasteiger partial charge in [-0.2, -0.15) is 0 Å². The summed E-state index contributed by atoms with van der Waals surface area (Å²) in [4.78, 5) is 18.2. The average molecular weight is 345 g/mol. The Labute approximate surface area is 146 Å². The summed E-state index contributed by atoms with van der Waals surface area (Å²) in [5, 5.41) is 3.31. The van der Waals surface area contributed by atoms with Crippen molar-refractivity contribution in [3.05, 3.63) is 34.5 Å². The van der Waals surface area contributed by atoms with Crippen LogP contribution in [0.1, 0.15) is 23.5 Å². The Kier molecular flexibility index (Phi) is 4.47. The first-order valence-corrected chi connectivity index (χ1v) is 9.40. The lowest BCUT2D eigenvalue weighted by Gasteiger charge is -2.48. The molecule has 0 saturated carbocycles. The van der Waals surface area contributed by atoms with E-state index in [-0.39, 0.29) is 5.60 Å². The van der Waals surface area contributed by atoms with Gasteiger partial charge >= 0.3 is 0 Å². The molecule has 0 bridgehead atoms. The molecule has 0 amide bonds. The Hall–Kier alpha value is -1.57. The number of likely N-dealkylation sites (tertiary alicyclic amines) is 1. The van der Waals surface area contributed by atoms with E-state index in [1.54, 1.807) is 11.3 Å². The Morgan fingerprint density at radius 1 is 1.25 bits per heavy atom. The van der Waals surface area contributed by atoms with Crippen LogP contribution in [-0.4, -0.2) is 58.2 Å². The molecule has 1 atom stereocenters. The molecule has 1 spiro atoms. The van der Waals surface area contributed by atoms with E-state index < -0.39 is 0 Å². The molecular weight excluding hydrogens is 322 g/mol. The lowest BCUT2D eigenvalue weighted by Crippen LogP contribution is -2.60. The van der Waals surface area contributed by atoms with E-state index >= 15 is 0 Å². The number of anilines is 1. The standard InChI is InChI=1S/C17H23N5OS/c1-14-20-15(11-24-14)10-21-7-2-4-17(12-21)13-22(8-9-23-17)16-18-5-3-6-19-16/h3,5-6,11H,2,4,7-10,12-13H2,1H3/t17-/m0/s1. The van der Waals surface area contributed by atoms with Crippen LogP contribution < -0.4 is 4.90 Å². The Morgan fingerprint density at radius 3 is 2.92 bits per heavy atom. The van der Waals surface area contributed by atoms with Crippen molar-refractivity contribution in [2.75, 3.05) is 37.7 Å². The van der Waals surface area contributed by atoms with Crippen LogP contribution in [0.5, 0.6) is 0 Å². The van der Waals surface area contributed by atoms with Crippen molar-refractivity contribution < 1.29 is 4.74 Å². The van der Waals surface area contributed by atoms with Crippen LogP contribution in [0.15, 0.2) is 23.8 Å². The van der Waals surface area contributed by atoms with Gasteiger partial charge in [0.05, 0.1) is 29.5 Å². The minimum Gasteiger partial charge on any atom is -0.370 e. The molecule has 2 saturated heterocycles. The third-order valence-electron chi connectivity index (χ3n) is 4.75. The van der Waals surface area contributed by atoms with E-state index in [4.69, 9.17) is 4.74 Å². The molecule has 2 aromatic heterocycles. The number of hydrogen-bond acceptors (Lipinski definition) is 7. The van der Waals surface area contributed by atoms with Crippen molar-refractivity contribution in [1.29, 1.82) is 0 Å². The summed E-state index contributed by atoms with van der Waals surface area (Å²) in [7, 11) is 0. The molecule has 2 aliphatic rings. The highest BCUT2D eigenvalue weighted by Gasteiger charge is 2.41. The number of piperidine rings is 1. The average Bonchev–Trinajstić information content (AvgIpc) is 3.01. The van der Waals surface area contributed by atoms with Crippen molar-refractivity contribution in [2.24, 2.45) is 0 Å². The van der Waals surface area contributed by atoms with Crippen molar-refractivity contribution in [1.82, 2.24) is 19.9 Å². The normalized spacial score (nSPS) is 25.3. The molecule has 4 rings (SSSR count). The fourth-order valence-electron chi connectivity index (χ4n) is 3.75. The minimum atomic E-state index is -0.110. The summed E-state index contributed by atoms with van der Waals surface area (Å²) >= 11 is 1.72. The highest BCUT2D eigenvalue weighted by Crippen LogP contribution is 2.31. The monoisotopic (exact) mass is 345 g/mol. The van der Waals surface area contributed by atoms with Gasteiger partial charge in [0, 0.05) is 37.4 Å². The number of aromatic nitrogens is 3. The predicted octanol–water partition coefficient (Wildman–Crippen LogP) is 2.11. The number of aryl methyl sites for hydroxylation is 1. The maximum absolute atomic E-state index is 6.27. The van der Waals surface area contributed by atoms with E-state index in [1.165, 1.54) is 5.69 Å². The van der Waals surface area contributed by atoms with Crippen LogP contribution in [0.3, 0.4) is 0 Å². The predicted molar refractivity (Wildman–Crippen MR) is 94.3 cm³/mol. The fraction of sp³-hybridized carbons (Fsp3) is 0.588. The van der Waals surface area contributed by atoms with Gasteiger partial charge < -0.3 is 9.64 Å².